The van der Waals surface area contributed by atoms with Gasteiger partial charge in [0.25, 0.3) is 0 Å². The summed E-state index contributed by atoms with van der Waals surface area (Å²) in [6.45, 7) is 4.58. The Bertz CT molecular complexity index is 421. The lowest BCUT2D eigenvalue weighted by atomic mass is 9.98. The number of piperidine rings is 1. The van der Waals surface area contributed by atoms with Crippen LogP contribution in [-0.4, -0.2) is 31.9 Å². The third-order valence-electron chi connectivity index (χ3n) is 3.72. The average Bonchev–Trinajstić information content (AvgIpc) is 2.39. The number of aliphatic hydroxyl groups excluding tert-OH is 1. The van der Waals surface area contributed by atoms with E-state index in [4.69, 9.17) is 16.3 Å². The summed E-state index contributed by atoms with van der Waals surface area (Å²) < 4.78 is 5.25. The summed E-state index contributed by atoms with van der Waals surface area (Å²) >= 11 is 6.35. The maximum absolute atomic E-state index is 9.57. The fraction of sp³-hybridized carbons (Fsp3) is 0.600. The molecule has 19 heavy (non-hydrogen) atoms. The van der Waals surface area contributed by atoms with Crippen LogP contribution in [0.1, 0.15) is 31.4 Å². The molecule has 0 radical (unpaired) electrons. The molecule has 1 aliphatic heterocycles. The molecule has 2 unspecified atom stereocenters. The van der Waals surface area contributed by atoms with Crippen LogP contribution in [0.25, 0.3) is 0 Å². The van der Waals surface area contributed by atoms with Crippen molar-refractivity contribution in [2.24, 2.45) is 5.92 Å². The van der Waals surface area contributed by atoms with Crippen LogP contribution in [0.4, 0.5) is 5.69 Å². The van der Waals surface area contributed by atoms with Gasteiger partial charge >= 0.3 is 0 Å². The van der Waals surface area contributed by atoms with Crippen molar-refractivity contribution in [3.05, 3.63) is 28.8 Å². The summed E-state index contributed by atoms with van der Waals surface area (Å²) in [4.78, 5) is 2.32. The van der Waals surface area contributed by atoms with Gasteiger partial charge in [0.2, 0.25) is 0 Å². The highest BCUT2D eigenvalue weighted by atomic mass is 35.5. The predicted octanol–water partition coefficient (Wildman–Crippen LogP) is 3.26. The van der Waals surface area contributed by atoms with Crippen LogP contribution >= 0.6 is 11.6 Å². The normalized spacial score (nSPS) is 21.5. The van der Waals surface area contributed by atoms with Gasteiger partial charge in [0.15, 0.2) is 0 Å². The van der Waals surface area contributed by atoms with Crippen LogP contribution in [0.3, 0.4) is 0 Å². The minimum atomic E-state index is -0.478. The van der Waals surface area contributed by atoms with Gasteiger partial charge in [0, 0.05) is 20.2 Å². The van der Waals surface area contributed by atoms with Gasteiger partial charge in [-0.3, -0.25) is 0 Å². The molecule has 1 aromatic carbocycles. The van der Waals surface area contributed by atoms with E-state index >= 15 is 0 Å². The highest BCUT2D eigenvalue weighted by molar-refractivity contribution is 6.33. The molecular formula is C15H22ClNO2. The second-order valence-electron chi connectivity index (χ2n) is 5.30. The van der Waals surface area contributed by atoms with Crippen molar-refractivity contribution in [2.75, 3.05) is 31.7 Å². The molecule has 1 aliphatic rings. The van der Waals surface area contributed by atoms with Crippen molar-refractivity contribution < 1.29 is 9.84 Å². The van der Waals surface area contributed by atoms with Crippen molar-refractivity contribution in [1.82, 2.24) is 0 Å². The number of nitrogens with zero attached hydrogens (tertiary/aromatic N) is 1. The van der Waals surface area contributed by atoms with E-state index in [0.717, 1.165) is 36.0 Å². The monoisotopic (exact) mass is 283 g/mol. The number of aliphatic hydroxyl groups is 1. The lowest BCUT2D eigenvalue weighted by Gasteiger charge is -2.34. The van der Waals surface area contributed by atoms with Gasteiger partial charge in [-0.2, -0.15) is 0 Å². The summed E-state index contributed by atoms with van der Waals surface area (Å²) in [5, 5.41) is 10.3. The molecular weight excluding hydrogens is 262 g/mol. The number of methoxy groups -OCH3 is 1. The third kappa shape index (κ3) is 3.62. The summed E-state index contributed by atoms with van der Waals surface area (Å²) in [6, 6.07) is 5.83. The molecule has 1 fully saturated rings. The Morgan fingerprint density at radius 1 is 1.53 bits per heavy atom. The molecule has 4 heteroatoms. The zero-order valence-corrected chi connectivity index (χ0v) is 12.4. The van der Waals surface area contributed by atoms with E-state index in [1.54, 1.807) is 14.0 Å². The minimum Gasteiger partial charge on any atom is -0.389 e. The molecule has 0 aromatic heterocycles. The standard InChI is InChI=1S/C15H22ClNO2/c1-11(18)13-5-6-15(14(16)8-13)17-7-3-4-12(9-17)10-19-2/h5-6,8,11-12,18H,3-4,7,9-10H2,1-2H3. The van der Waals surface area contributed by atoms with Crippen molar-refractivity contribution in [1.29, 1.82) is 0 Å². The summed E-state index contributed by atoms with van der Waals surface area (Å²) in [5.41, 5.74) is 1.92. The molecule has 1 aromatic rings. The van der Waals surface area contributed by atoms with Crippen LogP contribution < -0.4 is 4.90 Å². The van der Waals surface area contributed by atoms with Crippen LogP contribution in [-0.2, 0) is 4.74 Å². The van der Waals surface area contributed by atoms with Gasteiger partial charge in [0.05, 0.1) is 23.4 Å². The maximum Gasteiger partial charge on any atom is 0.0762 e. The predicted molar refractivity (Wildman–Crippen MR) is 78.9 cm³/mol. The number of hydrogen-bond acceptors (Lipinski definition) is 3. The molecule has 2 atom stereocenters. The Morgan fingerprint density at radius 2 is 2.32 bits per heavy atom. The van der Waals surface area contributed by atoms with E-state index in [9.17, 15) is 5.11 Å². The molecule has 106 valence electrons. The van der Waals surface area contributed by atoms with Crippen molar-refractivity contribution >= 4 is 17.3 Å². The van der Waals surface area contributed by atoms with Crippen LogP contribution in [0.5, 0.6) is 0 Å². The summed E-state index contributed by atoms with van der Waals surface area (Å²) in [7, 11) is 1.75. The SMILES string of the molecule is COCC1CCCN(c2ccc(C(C)O)cc2Cl)C1. The average molecular weight is 284 g/mol. The van der Waals surface area contributed by atoms with Gasteiger partial charge < -0.3 is 14.7 Å². The summed E-state index contributed by atoms with van der Waals surface area (Å²) in [5.74, 6) is 0.575. The van der Waals surface area contributed by atoms with Gasteiger partial charge in [-0.05, 0) is 43.4 Å². The molecule has 1 N–H and O–H groups in total. The fourth-order valence-corrected chi connectivity index (χ4v) is 3.00. The Balaban J connectivity index is 2.12. The smallest absolute Gasteiger partial charge is 0.0762 e. The zero-order valence-electron chi connectivity index (χ0n) is 11.6. The first kappa shape index (κ1) is 14.6. The van der Waals surface area contributed by atoms with Crippen LogP contribution in [0.2, 0.25) is 5.02 Å². The maximum atomic E-state index is 9.57. The molecule has 0 bridgehead atoms. The van der Waals surface area contributed by atoms with Crippen molar-refractivity contribution in [3.63, 3.8) is 0 Å². The van der Waals surface area contributed by atoms with Crippen molar-refractivity contribution in [2.45, 2.75) is 25.9 Å². The number of halogens is 1. The quantitative estimate of drug-likeness (QED) is 0.921. The lowest BCUT2D eigenvalue weighted by Crippen LogP contribution is -2.37. The van der Waals surface area contributed by atoms with Gasteiger partial charge in [0.1, 0.15) is 0 Å². The first-order valence-corrected chi connectivity index (χ1v) is 7.21. The molecule has 1 saturated heterocycles. The molecule has 0 spiro atoms. The highest BCUT2D eigenvalue weighted by Gasteiger charge is 2.21. The van der Waals surface area contributed by atoms with Crippen molar-refractivity contribution in [3.8, 4) is 0 Å². The highest BCUT2D eigenvalue weighted by Crippen LogP contribution is 2.32. The first-order valence-electron chi connectivity index (χ1n) is 6.83. The van der Waals surface area contributed by atoms with E-state index in [1.807, 2.05) is 18.2 Å². The molecule has 0 amide bonds. The summed E-state index contributed by atoms with van der Waals surface area (Å²) in [6.07, 6.45) is 1.91. The number of ether oxygens (including phenoxy) is 1. The Labute approximate surface area is 120 Å². The largest absolute Gasteiger partial charge is 0.389 e. The second-order valence-corrected chi connectivity index (χ2v) is 5.70. The van der Waals surface area contributed by atoms with E-state index in [0.29, 0.717) is 5.92 Å². The second kappa shape index (κ2) is 6.60. The number of rotatable bonds is 4. The number of anilines is 1. The molecule has 0 saturated carbocycles. The Hall–Kier alpha value is -0.770. The Kier molecular flexibility index (Phi) is 5.08. The zero-order chi connectivity index (χ0) is 13.8. The fourth-order valence-electron chi connectivity index (χ4n) is 2.70. The molecule has 2 rings (SSSR count). The topological polar surface area (TPSA) is 32.7 Å². The Morgan fingerprint density at radius 3 is 2.95 bits per heavy atom. The van der Waals surface area contributed by atoms with Gasteiger partial charge in [-0.1, -0.05) is 17.7 Å². The van der Waals surface area contributed by atoms with E-state index in [2.05, 4.69) is 4.90 Å². The number of hydrogen-bond donors (Lipinski definition) is 1. The minimum absolute atomic E-state index is 0.478. The molecule has 1 heterocycles. The van der Waals surface area contributed by atoms with E-state index in [-0.39, 0.29) is 0 Å². The third-order valence-corrected chi connectivity index (χ3v) is 4.02. The van der Waals surface area contributed by atoms with E-state index in [1.165, 1.54) is 12.8 Å². The molecule has 3 nitrogen and oxygen atoms in total. The number of benzene rings is 1. The van der Waals surface area contributed by atoms with Gasteiger partial charge in [-0.15, -0.1) is 0 Å². The van der Waals surface area contributed by atoms with Gasteiger partial charge in [-0.25, -0.2) is 0 Å². The first-order chi connectivity index (χ1) is 9.11. The van der Waals surface area contributed by atoms with Crippen LogP contribution in [0, 0.1) is 5.92 Å². The van der Waals surface area contributed by atoms with E-state index < -0.39 is 6.10 Å². The molecule has 0 aliphatic carbocycles. The van der Waals surface area contributed by atoms with Crippen LogP contribution in [0.15, 0.2) is 18.2 Å². The lowest BCUT2D eigenvalue weighted by molar-refractivity contribution is 0.143.